The summed E-state index contributed by atoms with van der Waals surface area (Å²) in [6.07, 6.45) is -0.856. The third kappa shape index (κ3) is 3.58. The zero-order valence-corrected chi connectivity index (χ0v) is 14.7. The second-order valence-corrected chi connectivity index (χ2v) is 10.6. The van der Waals surface area contributed by atoms with Crippen molar-refractivity contribution in [3.05, 3.63) is 65.7 Å². The topological polar surface area (TPSA) is 61.1 Å². The Kier molecular flexibility index (Phi) is 5.14. The number of aliphatic hydroxyl groups excluding tert-OH is 1. The second-order valence-electron chi connectivity index (χ2n) is 6.32. The molecule has 0 radical (unpaired) electrons. The molecule has 23 heavy (non-hydrogen) atoms. The predicted molar refractivity (Wildman–Crippen MR) is 93.8 cm³/mol. The summed E-state index contributed by atoms with van der Waals surface area (Å²) in [5.74, 6) is -0.482. The number of benzene rings is 2. The SMILES string of the molecule is C[C@@H](C(=O)[Si](C)(C)c1ccccc1)[C@@H](O)c1ccc(C#N)cc1. The van der Waals surface area contributed by atoms with E-state index in [1.807, 2.05) is 49.5 Å². The number of nitrogens with zero attached hydrogens (tertiary/aromatic N) is 1. The van der Waals surface area contributed by atoms with Crippen molar-refractivity contribution in [3.8, 4) is 6.07 Å². The Morgan fingerprint density at radius 3 is 2.17 bits per heavy atom. The van der Waals surface area contributed by atoms with Crippen LogP contribution in [0.15, 0.2) is 54.6 Å². The Bertz CT molecular complexity index is 717. The van der Waals surface area contributed by atoms with Crippen molar-refractivity contribution >= 4 is 18.7 Å². The molecule has 0 saturated heterocycles. The highest BCUT2D eigenvalue weighted by atomic mass is 28.3. The van der Waals surface area contributed by atoms with Crippen LogP contribution in [0, 0.1) is 17.2 Å². The molecule has 4 heteroatoms. The van der Waals surface area contributed by atoms with Gasteiger partial charge in [-0.05, 0) is 17.7 Å². The van der Waals surface area contributed by atoms with Gasteiger partial charge in [-0.25, -0.2) is 0 Å². The van der Waals surface area contributed by atoms with Crippen molar-refractivity contribution in [1.29, 1.82) is 5.26 Å². The van der Waals surface area contributed by atoms with Crippen LogP contribution in [-0.4, -0.2) is 18.6 Å². The minimum atomic E-state index is -2.31. The number of hydrogen-bond donors (Lipinski definition) is 1. The van der Waals surface area contributed by atoms with E-state index < -0.39 is 20.1 Å². The summed E-state index contributed by atoms with van der Waals surface area (Å²) in [5, 5.41) is 20.6. The van der Waals surface area contributed by atoms with Gasteiger partial charge < -0.3 is 9.90 Å². The van der Waals surface area contributed by atoms with Crippen LogP contribution in [0.4, 0.5) is 0 Å². The van der Waals surface area contributed by atoms with Crippen molar-refractivity contribution < 1.29 is 9.90 Å². The van der Waals surface area contributed by atoms with E-state index in [1.165, 1.54) is 0 Å². The third-order valence-electron chi connectivity index (χ3n) is 4.38. The zero-order chi connectivity index (χ0) is 17.0. The van der Waals surface area contributed by atoms with Crippen LogP contribution in [0.3, 0.4) is 0 Å². The maximum absolute atomic E-state index is 13.0. The highest BCUT2D eigenvalue weighted by Gasteiger charge is 2.38. The fourth-order valence-electron chi connectivity index (χ4n) is 2.75. The molecule has 3 nitrogen and oxygen atoms in total. The van der Waals surface area contributed by atoms with Gasteiger partial charge in [0.25, 0.3) is 0 Å². The second kappa shape index (κ2) is 6.91. The minimum absolute atomic E-state index is 0.126. The molecule has 0 aliphatic heterocycles. The molecule has 0 unspecified atom stereocenters. The molecule has 0 spiro atoms. The molecule has 0 aromatic heterocycles. The van der Waals surface area contributed by atoms with Crippen LogP contribution in [0.2, 0.25) is 13.1 Å². The lowest BCUT2D eigenvalue weighted by Gasteiger charge is -2.28. The Hall–Kier alpha value is -2.22. The maximum atomic E-state index is 13.0. The molecule has 118 valence electrons. The van der Waals surface area contributed by atoms with Gasteiger partial charge in [0, 0.05) is 5.92 Å². The molecule has 0 fully saturated rings. The highest BCUT2D eigenvalue weighted by Crippen LogP contribution is 2.26. The first kappa shape index (κ1) is 17.1. The normalized spacial score (nSPS) is 13.9. The van der Waals surface area contributed by atoms with Crippen LogP contribution in [-0.2, 0) is 4.79 Å². The van der Waals surface area contributed by atoms with Crippen molar-refractivity contribution in [2.24, 2.45) is 5.92 Å². The van der Waals surface area contributed by atoms with Gasteiger partial charge in [0.05, 0.1) is 17.7 Å². The molecule has 0 aliphatic rings. The van der Waals surface area contributed by atoms with E-state index in [2.05, 4.69) is 0 Å². The van der Waals surface area contributed by atoms with E-state index in [4.69, 9.17) is 5.26 Å². The van der Waals surface area contributed by atoms with Crippen LogP contribution < -0.4 is 5.19 Å². The number of rotatable bonds is 5. The van der Waals surface area contributed by atoms with E-state index in [0.717, 1.165) is 5.19 Å². The fourth-order valence-corrected chi connectivity index (χ4v) is 5.36. The first-order valence-electron chi connectivity index (χ1n) is 7.66. The lowest BCUT2D eigenvalue weighted by molar-refractivity contribution is -0.118. The summed E-state index contributed by atoms with van der Waals surface area (Å²) in [6.45, 7) is 5.82. The number of carbonyl (C=O) groups is 1. The quantitative estimate of drug-likeness (QED) is 0.861. The van der Waals surface area contributed by atoms with Gasteiger partial charge in [-0.3, -0.25) is 0 Å². The largest absolute Gasteiger partial charge is 0.388 e. The molecule has 0 saturated carbocycles. The standard InChI is InChI=1S/C19H21NO2Si/c1-14(18(21)16-11-9-15(13-20)10-12-16)19(22)23(2,3)17-7-5-4-6-8-17/h4-12,14,18,21H,1-3H3/t14-,18-/m1/s1. The zero-order valence-electron chi connectivity index (χ0n) is 13.7. The molecule has 0 amide bonds. The number of nitriles is 1. The predicted octanol–water partition coefficient (Wildman–Crippen LogP) is 2.95. The summed E-state index contributed by atoms with van der Waals surface area (Å²) in [6, 6.07) is 18.6. The molecule has 0 heterocycles. The fraction of sp³-hybridized carbons (Fsp3) is 0.263. The maximum Gasteiger partial charge on any atom is 0.157 e. The van der Waals surface area contributed by atoms with E-state index in [1.54, 1.807) is 31.2 Å². The van der Waals surface area contributed by atoms with Gasteiger partial charge in [-0.1, -0.05) is 67.7 Å². The van der Waals surface area contributed by atoms with Gasteiger partial charge in [0.2, 0.25) is 0 Å². The first-order chi connectivity index (χ1) is 10.9. The summed E-state index contributed by atoms with van der Waals surface area (Å²) >= 11 is 0. The minimum Gasteiger partial charge on any atom is -0.388 e. The molecule has 0 bridgehead atoms. The van der Waals surface area contributed by atoms with Crippen molar-refractivity contribution in [2.75, 3.05) is 0 Å². The number of aliphatic hydroxyl groups is 1. The summed E-state index contributed by atoms with van der Waals surface area (Å²) < 4.78 is 0. The van der Waals surface area contributed by atoms with Gasteiger partial charge in [0.1, 0.15) is 5.41 Å². The van der Waals surface area contributed by atoms with Crippen LogP contribution >= 0.6 is 0 Å². The summed E-state index contributed by atoms with van der Waals surface area (Å²) in [5.41, 5.74) is 1.21. The monoisotopic (exact) mass is 323 g/mol. The average Bonchev–Trinajstić information content (AvgIpc) is 2.60. The third-order valence-corrected chi connectivity index (χ3v) is 7.84. The molecule has 2 aromatic carbocycles. The number of hydrogen-bond acceptors (Lipinski definition) is 3. The Morgan fingerprint density at radius 2 is 1.65 bits per heavy atom. The Labute approximate surface area is 138 Å². The van der Waals surface area contributed by atoms with Crippen LogP contribution in [0.5, 0.6) is 0 Å². The molecule has 2 rings (SSSR count). The summed E-state index contributed by atoms with van der Waals surface area (Å²) in [4.78, 5) is 13.0. The van der Waals surface area contributed by atoms with E-state index >= 15 is 0 Å². The van der Waals surface area contributed by atoms with Crippen molar-refractivity contribution in [2.45, 2.75) is 26.1 Å². The van der Waals surface area contributed by atoms with Crippen molar-refractivity contribution in [1.82, 2.24) is 0 Å². The Morgan fingerprint density at radius 1 is 1.09 bits per heavy atom. The molecule has 1 N–H and O–H groups in total. The first-order valence-corrected chi connectivity index (χ1v) is 10.7. The van der Waals surface area contributed by atoms with E-state index in [9.17, 15) is 9.90 Å². The van der Waals surface area contributed by atoms with Gasteiger partial charge in [-0.2, -0.15) is 5.26 Å². The smallest absolute Gasteiger partial charge is 0.157 e. The van der Waals surface area contributed by atoms with Crippen LogP contribution in [0.1, 0.15) is 24.2 Å². The number of carbonyl (C=O) groups excluding carboxylic acids is 1. The lowest BCUT2D eigenvalue weighted by atomic mass is 9.98. The Balaban J connectivity index is 2.22. The molecule has 2 aromatic rings. The lowest BCUT2D eigenvalue weighted by Crippen LogP contribution is -2.53. The van der Waals surface area contributed by atoms with Gasteiger partial charge in [-0.15, -0.1) is 0 Å². The molecule has 2 atom stereocenters. The summed E-state index contributed by atoms with van der Waals surface area (Å²) in [7, 11) is -2.31. The van der Waals surface area contributed by atoms with Crippen LogP contribution in [0.25, 0.3) is 0 Å². The molecule has 0 aliphatic carbocycles. The average molecular weight is 323 g/mol. The molecular weight excluding hydrogens is 302 g/mol. The van der Waals surface area contributed by atoms with Crippen molar-refractivity contribution in [3.63, 3.8) is 0 Å². The van der Waals surface area contributed by atoms with E-state index in [-0.39, 0.29) is 5.41 Å². The van der Waals surface area contributed by atoms with Gasteiger partial charge >= 0.3 is 0 Å². The van der Waals surface area contributed by atoms with E-state index in [0.29, 0.717) is 11.1 Å². The van der Waals surface area contributed by atoms with Gasteiger partial charge in [0.15, 0.2) is 8.07 Å². The molecular formula is C19H21NO2Si. The highest BCUT2D eigenvalue weighted by molar-refractivity contribution is 7.13.